The zero-order valence-electron chi connectivity index (χ0n) is 16.2. The van der Waals surface area contributed by atoms with Crippen LogP contribution in [0.2, 0.25) is 5.02 Å². The normalized spacial score (nSPS) is 10.2. The number of thiocarbonyl (C=S) groups is 1. The van der Waals surface area contributed by atoms with Crippen LogP contribution in [0.15, 0.2) is 65.1 Å². The van der Waals surface area contributed by atoms with Gasteiger partial charge in [-0.15, -0.1) is 0 Å². The fraction of sp³-hybridized carbons (Fsp3) is 0.0500. The molecule has 3 N–H and O–H groups in total. The highest BCUT2D eigenvalue weighted by molar-refractivity contribution is 7.80. The number of rotatable bonds is 6. The molecule has 0 unspecified atom stereocenters. The number of benzene rings is 2. The Morgan fingerprint density at radius 3 is 2.50 bits per heavy atom. The molecule has 32 heavy (non-hydrogen) atoms. The van der Waals surface area contributed by atoms with Gasteiger partial charge >= 0.3 is 0 Å². The summed E-state index contributed by atoms with van der Waals surface area (Å²) >= 11 is 10.7. The number of hydrazine groups is 1. The van der Waals surface area contributed by atoms with Crippen molar-refractivity contribution in [3.05, 3.63) is 81.6 Å². The maximum Gasteiger partial charge on any atom is 0.293 e. The average molecular weight is 475 g/mol. The number of carbonyl (C=O) groups is 2. The Morgan fingerprint density at radius 1 is 1.06 bits per heavy atom. The van der Waals surface area contributed by atoms with Crippen LogP contribution < -0.4 is 20.9 Å². The van der Waals surface area contributed by atoms with Crippen LogP contribution >= 0.6 is 23.8 Å². The number of nitrogens with zero attached hydrogens (tertiary/aromatic N) is 1. The van der Waals surface area contributed by atoms with Crippen molar-refractivity contribution in [2.45, 2.75) is 0 Å². The van der Waals surface area contributed by atoms with Gasteiger partial charge in [-0.05, 0) is 54.7 Å². The van der Waals surface area contributed by atoms with E-state index in [1.807, 2.05) is 0 Å². The summed E-state index contributed by atoms with van der Waals surface area (Å²) in [4.78, 5) is 34.7. The van der Waals surface area contributed by atoms with Crippen LogP contribution in [0.3, 0.4) is 0 Å². The van der Waals surface area contributed by atoms with Crippen LogP contribution in [0, 0.1) is 10.1 Å². The summed E-state index contributed by atoms with van der Waals surface area (Å²) in [5.74, 6) is -0.784. The van der Waals surface area contributed by atoms with E-state index < -0.39 is 16.7 Å². The molecule has 1 aromatic heterocycles. The molecule has 0 spiro atoms. The lowest BCUT2D eigenvalue weighted by atomic mass is 10.1. The molecule has 3 rings (SSSR count). The molecule has 0 atom stereocenters. The van der Waals surface area contributed by atoms with Crippen molar-refractivity contribution in [1.29, 1.82) is 0 Å². The zero-order chi connectivity index (χ0) is 23.1. The van der Waals surface area contributed by atoms with Crippen LogP contribution in [-0.2, 0) is 4.79 Å². The fourth-order valence-corrected chi connectivity index (χ4v) is 2.75. The Balaban J connectivity index is 1.50. The summed E-state index contributed by atoms with van der Waals surface area (Å²) in [6.07, 6.45) is 0. The highest BCUT2D eigenvalue weighted by atomic mass is 35.5. The van der Waals surface area contributed by atoms with E-state index in [9.17, 15) is 19.7 Å². The first-order valence-electron chi connectivity index (χ1n) is 8.95. The number of hydrogen-bond acceptors (Lipinski definition) is 7. The molecular formula is C20H15ClN4O6S. The fourth-order valence-electron chi connectivity index (χ4n) is 2.48. The number of nitrogens with one attached hydrogen (secondary N) is 3. The monoisotopic (exact) mass is 474 g/mol. The molecular weight excluding hydrogens is 460 g/mol. The van der Waals surface area contributed by atoms with Gasteiger partial charge in [-0.3, -0.25) is 35.9 Å². The second kappa shape index (κ2) is 10.4. The first kappa shape index (κ1) is 22.7. The minimum absolute atomic E-state index is 0.125. The summed E-state index contributed by atoms with van der Waals surface area (Å²) < 4.78 is 10.7. The van der Waals surface area contributed by atoms with Crippen molar-refractivity contribution in [3.63, 3.8) is 0 Å². The lowest BCUT2D eigenvalue weighted by molar-refractivity contribution is -0.384. The van der Waals surface area contributed by atoms with Crippen LogP contribution in [0.25, 0.3) is 11.3 Å². The number of carbonyl (C=O) groups excluding carboxylic acids is 2. The van der Waals surface area contributed by atoms with E-state index in [1.165, 1.54) is 30.3 Å². The van der Waals surface area contributed by atoms with Crippen molar-refractivity contribution in [2.75, 3.05) is 6.61 Å². The lowest BCUT2D eigenvalue weighted by Crippen LogP contribution is -2.49. The Morgan fingerprint density at radius 2 is 1.78 bits per heavy atom. The molecule has 1 heterocycles. The minimum atomic E-state index is -0.709. The SMILES string of the molecule is O=C(COc1ccc(Cl)cc1)NNC(=S)NC(=O)c1ccc(-c2ccccc2[N+](=O)[O-])o1. The second-order valence-electron chi connectivity index (χ2n) is 6.14. The van der Waals surface area contributed by atoms with Gasteiger partial charge in [-0.1, -0.05) is 23.7 Å². The average Bonchev–Trinajstić information content (AvgIpc) is 3.27. The van der Waals surface area contributed by atoms with E-state index in [1.54, 1.807) is 30.3 Å². The number of hydrogen-bond donors (Lipinski definition) is 3. The standard InChI is InChI=1S/C20H15ClN4O6S/c21-12-5-7-13(8-6-12)30-11-18(26)23-24-20(32)22-19(27)17-10-9-16(31-17)14-3-1-2-4-15(14)25(28)29/h1-10H,11H2,(H,23,26)(H2,22,24,27,32). The highest BCUT2D eigenvalue weighted by Gasteiger charge is 2.19. The van der Waals surface area contributed by atoms with Gasteiger partial charge in [0.05, 0.1) is 10.5 Å². The lowest BCUT2D eigenvalue weighted by Gasteiger charge is -2.10. The van der Waals surface area contributed by atoms with Crippen molar-refractivity contribution in [2.24, 2.45) is 0 Å². The summed E-state index contributed by atoms with van der Waals surface area (Å²) in [6, 6.07) is 15.2. The molecule has 0 bridgehead atoms. The number of para-hydroxylation sites is 1. The Kier molecular flexibility index (Phi) is 7.37. The molecule has 0 aliphatic carbocycles. The van der Waals surface area contributed by atoms with Crippen molar-refractivity contribution in [3.8, 4) is 17.1 Å². The molecule has 164 valence electrons. The zero-order valence-corrected chi connectivity index (χ0v) is 17.7. The van der Waals surface area contributed by atoms with Crippen LogP contribution in [0.4, 0.5) is 5.69 Å². The molecule has 3 aromatic rings. The third-order valence-corrected chi connectivity index (χ3v) is 4.38. The minimum Gasteiger partial charge on any atom is -0.484 e. The molecule has 0 aliphatic rings. The van der Waals surface area contributed by atoms with E-state index in [-0.39, 0.29) is 34.5 Å². The largest absolute Gasteiger partial charge is 0.484 e. The van der Waals surface area contributed by atoms with E-state index >= 15 is 0 Å². The summed E-state index contributed by atoms with van der Waals surface area (Å²) in [6.45, 7) is -0.303. The maximum atomic E-state index is 12.3. The van der Waals surface area contributed by atoms with Crippen molar-refractivity contribution >= 4 is 46.4 Å². The molecule has 2 aromatic carbocycles. The number of amides is 2. The first-order chi connectivity index (χ1) is 15.3. The number of ether oxygens (including phenoxy) is 1. The predicted molar refractivity (Wildman–Crippen MR) is 119 cm³/mol. The summed E-state index contributed by atoms with van der Waals surface area (Å²) in [5.41, 5.74) is 4.70. The van der Waals surface area contributed by atoms with Gasteiger partial charge in [0.1, 0.15) is 11.5 Å². The molecule has 0 fully saturated rings. The molecule has 0 aliphatic heterocycles. The third-order valence-electron chi connectivity index (χ3n) is 3.92. The van der Waals surface area contributed by atoms with Gasteiger partial charge < -0.3 is 9.15 Å². The van der Waals surface area contributed by atoms with Gasteiger partial charge in [0.15, 0.2) is 17.5 Å². The van der Waals surface area contributed by atoms with Crippen LogP contribution in [-0.4, -0.2) is 28.5 Å². The van der Waals surface area contributed by atoms with E-state index in [0.29, 0.717) is 10.8 Å². The number of nitro benzene ring substituents is 1. The topological polar surface area (TPSA) is 136 Å². The van der Waals surface area contributed by atoms with E-state index in [2.05, 4.69) is 16.2 Å². The maximum absolute atomic E-state index is 12.3. The van der Waals surface area contributed by atoms with Crippen molar-refractivity contribution < 1.29 is 23.7 Å². The summed E-state index contributed by atoms with van der Waals surface area (Å²) in [7, 11) is 0. The van der Waals surface area contributed by atoms with E-state index in [4.69, 9.17) is 33.0 Å². The number of furan rings is 1. The van der Waals surface area contributed by atoms with Crippen LogP contribution in [0.1, 0.15) is 10.6 Å². The molecule has 2 amide bonds. The Labute approximate surface area is 191 Å². The van der Waals surface area contributed by atoms with Gasteiger partial charge in [-0.2, -0.15) is 0 Å². The van der Waals surface area contributed by atoms with Gasteiger partial charge in [0.25, 0.3) is 17.5 Å². The quantitative estimate of drug-likeness (QED) is 0.281. The third kappa shape index (κ3) is 6.03. The van der Waals surface area contributed by atoms with Gasteiger partial charge in [-0.25, -0.2) is 0 Å². The molecule has 0 radical (unpaired) electrons. The molecule has 12 heteroatoms. The summed E-state index contributed by atoms with van der Waals surface area (Å²) in [5, 5.41) is 13.8. The predicted octanol–water partition coefficient (Wildman–Crippen LogP) is 3.22. The molecule has 10 nitrogen and oxygen atoms in total. The smallest absolute Gasteiger partial charge is 0.293 e. The Hall–Kier alpha value is -3.96. The first-order valence-corrected chi connectivity index (χ1v) is 9.74. The number of halogens is 1. The van der Waals surface area contributed by atoms with Crippen LogP contribution in [0.5, 0.6) is 5.75 Å². The van der Waals surface area contributed by atoms with Gasteiger partial charge in [0, 0.05) is 11.1 Å². The van der Waals surface area contributed by atoms with Gasteiger partial charge in [0.2, 0.25) is 0 Å². The molecule has 0 saturated carbocycles. The molecule has 0 saturated heterocycles. The Bertz CT molecular complexity index is 1160. The highest BCUT2D eigenvalue weighted by Crippen LogP contribution is 2.30. The number of nitro groups is 1. The van der Waals surface area contributed by atoms with E-state index in [0.717, 1.165) is 0 Å². The van der Waals surface area contributed by atoms with Crippen molar-refractivity contribution in [1.82, 2.24) is 16.2 Å². The second-order valence-corrected chi connectivity index (χ2v) is 6.98.